The molecule has 3 aliphatic rings. The van der Waals surface area contributed by atoms with E-state index in [0.717, 1.165) is 74.9 Å². The number of rotatable bonds is 4. The van der Waals surface area contributed by atoms with E-state index in [9.17, 15) is 9.59 Å². The third kappa shape index (κ3) is 3.63. The van der Waals surface area contributed by atoms with Gasteiger partial charge in [0.05, 0.1) is 15.6 Å². The van der Waals surface area contributed by atoms with Crippen molar-refractivity contribution < 1.29 is 14.3 Å². The van der Waals surface area contributed by atoms with Gasteiger partial charge in [-0.05, 0) is 81.7 Å². The first kappa shape index (κ1) is 20.9. The summed E-state index contributed by atoms with van der Waals surface area (Å²) in [5, 5.41) is 0. The molecule has 1 aliphatic heterocycles. The number of ether oxygens (including phenoxy) is 1. The van der Waals surface area contributed by atoms with Gasteiger partial charge in [0.2, 0.25) is 0 Å². The maximum atomic E-state index is 13.1. The predicted molar refractivity (Wildman–Crippen MR) is 120 cm³/mol. The lowest BCUT2D eigenvalue weighted by molar-refractivity contribution is -0.117. The van der Waals surface area contributed by atoms with Crippen LogP contribution in [0.4, 0.5) is 0 Å². The second kappa shape index (κ2) is 8.38. The second-order valence-electron chi connectivity index (χ2n) is 7.93. The molecule has 0 spiro atoms. The Hall–Kier alpha value is -1.40. The summed E-state index contributed by atoms with van der Waals surface area (Å²) in [6.45, 7) is 2.70. The molecule has 0 N–H and O–H groups in total. The molecular formula is C23H25Br2NO3. The second-order valence-corrected chi connectivity index (χ2v) is 9.64. The first-order chi connectivity index (χ1) is 13.9. The third-order valence-electron chi connectivity index (χ3n) is 6.05. The lowest BCUT2D eigenvalue weighted by Gasteiger charge is -2.42. The van der Waals surface area contributed by atoms with Gasteiger partial charge in [0, 0.05) is 48.3 Å². The zero-order valence-electron chi connectivity index (χ0n) is 16.8. The Kier molecular flexibility index (Phi) is 6.03. The molecule has 4 nitrogen and oxygen atoms in total. The van der Waals surface area contributed by atoms with Gasteiger partial charge in [-0.15, -0.1) is 0 Å². The van der Waals surface area contributed by atoms with Crippen molar-refractivity contribution in [3.8, 4) is 5.75 Å². The standard InChI is InChI=1S/C23H25Br2NO3/c1-3-10-29-23-14(24)11-13(12-15(23)25)20-21-16(6-4-8-18(21)27)26(2)17-7-5-9-19(28)22(17)20/h11-12,20H,3-10H2,1-2H3. The van der Waals surface area contributed by atoms with Gasteiger partial charge in [0.15, 0.2) is 11.6 Å². The maximum absolute atomic E-state index is 13.1. The number of ketones is 2. The minimum Gasteiger partial charge on any atom is -0.491 e. The van der Waals surface area contributed by atoms with Gasteiger partial charge >= 0.3 is 0 Å². The average molecular weight is 523 g/mol. The van der Waals surface area contributed by atoms with E-state index in [1.807, 2.05) is 19.2 Å². The highest BCUT2D eigenvalue weighted by Crippen LogP contribution is 2.50. The van der Waals surface area contributed by atoms with Crippen molar-refractivity contribution in [1.82, 2.24) is 4.90 Å². The van der Waals surface area contributed by atoms with Gasteiger partial charge in [0.25, 0.3) is 0 Å². The molecule has 1 aromatic rings. The van der Waals surface area contributed by atoms with Crippen LogP contribution in [0.5, 0.6) is 5.75 Å². The zero-order valence-corrected chi connectivity index (χ0v) is 20.0. The Balaban J connectivity index is 1.89. The van der Waals surface area contributed by atoms with Crippen molar-refractivity contribution in [2.75, 3.05) is 13.7 Å². The number of hydrogen-bond donors (Lipinski definition) is 0. The van der Waals surface area contributed by atoms with Crippen LogP contribution in [0.3, 0.4) is 0 Å². The highest BCUT2D eigenvalue weighted by molar-refractivity contribution is 9.11. The van der Waals surface area contributed by atoms with E-state index in [2.05, 4.69) is 43.7 Å². The third-order valence-corrected chi connectivity index (χ3v) is 7.23. The van der Waals surface area contributed by atoms with Crippen molar-refractivity contribution in [1.29, 1.82) is 0 Å². The Morgan fingerprint density at radius 3 is 1.97 bits per heavy atom. The molecule has 1 aromatic carbocycles. The molecule has 0 atom stereocenters. The number of Topliss-reactive ketones (excluding diaryl/α,β-unsaturated/α-hetero) is 2. The lowest BCUT2D eigenvalue weighted by Crippen LogP contribution is -2.37. The molecule has 0 radical (unpaired) electrons. The topological polar surface area (TPSA) is 46.6 Å². The minimum absolute atomic E-state index is 0.173. The van der Waals surface area contributed by atoms with Crippen LogP contribution in [0, 0.1) is 0 Å². The van der Waals surface area contributed by atoms with E-state index in [1.165, 1.54) is 0 Å². The van der Waals surface area contributed by atoms with Crippen molar-refractivity contribution in [3.63, 3.8) is 0 Å². The van der Waals surface area contributed by atoms with Gasteiger partial charge in [-0.1, -0.05) is 6.92 Å². The number of halogens is 2. The highest BCUT2D eigenvalue weighted by Gasteiger charge is 2.42. The van der Waals surface area contributed by atoms with E-state index >= 15 is 0 Å². The zero-order chi connectivity index (χ0) is 20.7. The molecule has 0 bridgehead atoms. The van der Waals surface area contributed by atoms with Crippen LogP contribution in [0.1, 0.15) is 63.4 Å². The van der Waals surface area contributed by atoms with Crippen LogP contribution < -0.4 is 4.74 Å². The van der Waals surface area contributed by atoms with Crippen LogP contribution in [0.15, 0.2) is 43.6 Å². The van der Waals surface area contributed by atoms with Crippen LogP contribution in [-0.2, 0) is 9.59 Å². The summed E-state index contributed by atoms with van der Waals surface area (Å²) < 4.78 is 7.55. The molecule has 2 aliphatic carbocycles. The van der Waals surface area contributed by atoms with E-state index in [1.54, 1.807) is 0 Å². The molecule has 6 heteroatoms. The fourth-order valence-corrected chi connectivity index (χ4v) is 6.22. The Morgan fingerprint density at radius 2 is 1.48 bits per heavy atom. The summed E-state index contributed by atoms with van der Waals surface area (Å²) in [5.41, 5.74) is 4.78. The largest absolute Gasteiger partial charge is 0.491 e. The molecule has 1 heterocycles. The summed E-state index contributed by atoms with van der Waals surface area (Å²) in [5.74, 6) is 0.819. The van der Waals surface area contributed by atoms with E-state index < -0.39 is 0 Å². The van der Waals surface area contributed by atoms with Crippen LogP contribution in [0.2, 0.25) is 0 Å². The lowest BCUT2D eigenvalue weighted by atomic mass is 9.71. The molecule has 29 heavy (non-hydrogen) atoms. The van der Waals surface area contributed by atoms with Crippen molar-refractivity contribution in [2.45, 2.75) is 57.8 Å². The number of carbonyl (C=O) groups is 2. The molecule has 0 unspecified atom stereocenters. The highest BCUT2D eigenvalue weighted by atomic mass is 79.9. The SMILES string of the molecule is CCCOc1c(Br)cc(C2C3=C(CCCC3=O)N(C)C3=C2C(=O)CCC3)cc1Br. The average Bonchev–Trinajstić information content (AvgIpc) is 2.69. The number of hydrogen-bond acceptors (Lipinski definition) is 4. The van der Waals surface area contributed by atoms with Gasteiger partial charge in [-0.3, -0.25) is 9.59 Å². The molecule has 0 aromatic heterocycles. The summed E-state index contributed by atoms with van der Waals surface area (Å²) in [6.07, 6.45) is 5.56. The van der Waals surface area contributed by atoms with Crippen molar-refractivity contribution in [3.05, 3.63) is 49.2 Å². The summed E-state index contributed by atoms with van der Waals surface area (Å²) in [4.78, 5) is 28.2. The number of allylic oxidation sites excluding steroid dienone is 4. The van der Waals surface area contributed by atoms with Crippen molar-refractivity contribution >= 4 is 43.4 Å². The van der Waals surface area contributed by atoms with Gasteiger partial charge < -0.3 is 9.64 Å². The Morgan fingerprint density at radius 1 is 0.966 bits per heavy atom. The fourth-order valence-electron chi connectivity index (χ4n) is 4.77. The minimum atomic E-state index is -0.287. The molecule has 0 fully saturated rings. The summed E-state index contributed by atoms with van der Waals surface area (Å²) in [7, 11) is 2.02. The van der Waals surface area contributed by atoms with Gasteiger partial charge in [-0.2, -0.15) is 0 Å². The van der Waals surface area contributed by atoms with E-state index in [4.69, 9.17) is 4.74 Å². The Labute approximate surface area is 188 Å². The molecule has 0 amide bonds. The molecular weight excluding hydrogens is 498 g/mol. The normalized spacial score (nSPS) is 20.2. The first-order valence-corrected chi connectivity index (χ1v) is 11.9. The van der Waals surface area contributed by atoms with Crippen LogP contribution in [-0.4, -0.2) is 30.1 Å². The van der Waals surface area contributed by atoms with Crippen LogP contribution >= 0.6 is 31.9 Å². The molecule has 4 rings (SSSR count). The summed E-state index contributed by atoms with van der Waals surface area (Å²) >= 11 is 7.29. The number of benzene rings is 1. The van der Waals surface area contributed by atoms with Gasteiger partial charge in [-0.25, -0.2) is 0 Å². The van der Waals surface area contributed by atoms with Crippen LogP contribution in [0.25, 0.3) is 0 Å². The van der Waals surface area contributed by atoms with E-state index in [0.29, 0.717) is 19.4 Å². The molecule has 0 saturated heterocycles. The molecule has 0 saturated carbocycles. The van der Waals surface area contributed by atoms with Crippen molar-refractivity contribution in [2.24, 2.45) is 0 Å². The summed E-state index contributed by atoms with van der Waals surface area (Å²) in [6, 6.07) is 4.04. The maximum Gasteiger partial charge on any atom is 0.161 e. The predicted octanol–water partition coefficient (Wildman–Crippen LogP) is 6.04. The molecule has 154 valence electrons. The number of nitrogens with zero attached hydrogens (tertiary/aromatic N) is 1. The number of carbonyl (C=O) groups excluding carboxylic acids is 2. The smallest absolute Gasteiger partial charge is 0.161 e. The monoisotopic (exact) mass is 521 g/mol. The van der Waals surface area contributed by atoms with E-state index in [-0.39, 0.29) is 17.5 Å². The Bertz CT molecular complexity index is 880. The fraction of sp³-hybridized carbons (Fsp3) is 0.478. The van der Waals surface area contributed by atoms with Gasteiger partial charge in [0.1, 0.15) is 5.75 Å². The quantitative estimate of drug-likeness (QED) is 0.483. The first-order valence-electron chi connectivity index (χ1n) is 10.3.